The molecule has 9 nitrogen and oxygen atoms in total. The van der Waals surface area contributed by atoms with E-state index in [9.17, 15) is 14.4 Å². The van der Waals surface area contributed by atoms with Gasteiger partial charge in [-0.25, -0.2) is 13.4 Å². The lowest BCUT2D eigenvalue weighted by molar-refractivity contribution is -0.349. The minimum absolute atomic E-state index is 0.173. The molecule has 73 heavy (non-hydrogen) atoms. The summed E-state index contributed by atoms with van der Waals surface area (Å²) in [6.45, 7) is 4.02. The van der Waals surface area contributed by atoms with Crippen molar-refractivity contribution in [1.29, 1.82) is 0 Å². The Morgan fingerprint density at radius 2 is 1.37 bits per heavy atom. The van der Waals surface area contributed by atoms with Gasteiger partial charge in [-0.3, -0.25) is 14.4 Å². The summed E-state index contributed by atoms with van der Waals surface area (Å²) in [6.07, 6.45) is 6.85. The van der Waals surface area contributed by atoms with Crippen LogP contribution in [0.15, 0.2) is 171 Å². The van der Waals surface area contributed by atoms with Crippen molar-refractivity contribution < 1.29 is 27.4 Å². The van der Waals surface area contributed by atoms with Crippen LogP contribution in [0.3, 0.4) is 0 Å². The van der Waals surface area contributed by atoms with Gasteiger partial charge in [0.05, 0.1) is 17.0 Å². The van der Waals surface area contributed by atoms with Gasteiger partial charge in [0.1, 0.15) is 16.9 Å². The maximum atomic E-state index is 16.6. The third kappa shape index (κ3) is 7.24. The second-order valence-corrected chi connectivity index (χ2v) is 19.6. The molecule has 1 N–H and O–H groups in total. The van der Waals surface area contributed by atoms with Crippen LogP contribution in [-0.4, -0.2) is 40.2 Å². The predicted octanol–water partition coefficient (Wildman–Crippen LogP) is 12.2. The van der Waals surface area contributed by atoms with E-state index in [0.717, 1.165) is 103 Å². The summed E-state index contributed by atoms with van der Waals surface area (Å²) in [5, 5.41) is 4.12. The molecule has 2 aliphatic carbocycles. The number of aromatic amines is 1. The second kappa shape index (κ2) is 17.4. The van der Waals surface area contributed by atoms with Gasteiger partial charge in [-0.15, -0.1) is 0 Å². The number of nitrogens with one attached hydrogen (secondary N) is 1. The molecule has 0 saturated heterocycles. The molecule has 0 saturated carbocycles. The van der Waals surface area contributed by atoms with Crippen molar-refractivity contribution in [3.05, 3.63) is 228 Å². The van der Waals surface area contributed by atoms with E-state index in [1.54, 1.807) is 34.8 Å². The third-order valence-corrected chi connectivity index (χ3v) is 15.2. The molecule has 1 aliphatic heterocycles. The number of ether oxygens (including phenoxy) is 1. The molecule has 3 aliphatic rings. The molecule has 7 aromatic carbocycles. The number of halogens is 1. The first-order chi connectivity index (χ1) is 35.6. The van der Waals surface area contributed by atoms with Gasteiger partial charge in [-0.05, 0) is 157 Å². The molecule has 0 unspecified atom stereocenters. The highest BCUT2D eigenvalue weighted by Gasteiger charge is 2.48. The molecule has 4 heterocycles. The van der Waals surface area contributed by atoms with E-state index in [1.165, 1.54) is 33.9 Å². The Bertz CT molecular complexity index is 4140. The summed E-state index contributed by atoms with van der Waals surface area (Å²) in [5.74, 6) is 0.0759. The standard InChI is InChI=1S/C62H47BFN3O6/c1-35-31-43(72-54(68)18-10-11-37-19-25-42(26-20-37)66-61(69)48-28-27-47-46-16-8-9-17-52(46)73-53-30-29-49(62(66)70)56(48)57(47)53)32-36(2)55(35)58(50-33-40-23-21-38-12-4-6-14-44(38)59(40)65-50)51-34-41-24-22-39-13-5-7-15-45(39)60(41)67(51)63(64)71-3/h4-9,12-17,19-20,25-34H,10-11,18,21-24H2,1-3H3/p+1. The Labute approximate surface area is 419 Å². The van der Waals surface area contributed by atoms with Crippen molar-refractivity contribution in [3.8, 4) is 22.7 Å². The zero-order valence-electron chi connectivity index (χ0n) is 40.6. The molecule has 11 heteroatoms. The van der Waals surface area contributed by atoms with Gasteiger partial charge in [-0.1, -0.05) is 78.9 Å². The first kappa shape index (κ1) is 44.5. The third-order valence-electron chi connectivity index (χ3n) is 15.2. The Morgan fingerprint density at radius 3 is 2.14 bits per heavy atom. The molecule has 0 atom stereocenters. The van der Waals surface area contributed by atoms with Crippen LogP contribution in [-0.2, 0) is 35.1 Å². The topological polar surface area (TPSA) is 107 Å². The number of benzene rings is 7. The molecular weight excluding hydrogens is 913 g/mol. The van der Waals surface area contributed by atoms with Gasteiger partial charge in [0.15, 0.2) is 11.4 Å². The van der Waals surface area contributed by atoms with Gasteiger partial charge >= 0.3 is 13.3 Å². The number of carbonyl (C=O) groups is 1. The monoisotopic (exact) mass is 960 g/mol. The molecule has 0 spiro atoms. The maximum absolute atomic E-state index is 16.6. The Kier molecular flexibility index (Phi) is 10.6. The molecule has 0 radical (unpaired) electrons. The number of rotatable bonds is 10. The zero-order valence-corrected chi connectivity index (χ0v) is 40.6. The van der Waals surface area contributed by atoms with Crippen LogP contribution < -0.4 is 15.9 Å². The fraction of sp³-hybridized carbons (Fsp3) is 0.161. The van der Waals surface area contributed by atoms with Crippen molar-refractivity contribution >= 4 is 68.1 Å². The Balaban J connectivity index is 0.774. The van der Waals surface area contributed by atoms with E-state index in [-0.39, 0.29) is 12.4 Å². The Morgan fingerprint density at radius 1 is 0.712 bits per heavy atom. The number of aryl methyl sites for hydroxylation is 6. The summed E-state index contributed by atoms with van der Waals surface area (Å²) in [4.78, 5) is 45.5. The first-order valence-electron chi connectivity index (χ1n) is 25.0. The molecule has 10 aromatic rings. The van der Waals surface area contributed by atoms with Crippen LogP contribution in [0, 0.1) is 13.8 Å². The zero-order chi connectivity index (χ0) is 49.6. The lowest BCUT2D eigenvalue weighted by Gasteiger charge is -2.18. The largest absolute Gasteiger partial charge is 0.892 e. The average molecular weight is 961 g/mol. The van der Waals surface area contributed by atoms with Gasteiger partial charge in [-0.2, -0.15) is 0 Å². The second-order valence-electron chi connectivity index (χ2n) is 19.6. The van der Waals surface area contributed by atoms with Crippen LogP contribution in [0.4, 0.5) is 4.32 Å². The number of allylic oxidation sites excluding steroid dienone is 2. The number of nitrogens with zero attached hydrogens (tertiary/aromatic N) is 2. The maximum Gasteiger partial charge on any atom is 0.892 e. The van der Waals surface area contributed by atoms with Crippen molar-refractivity contribution in [2.45, 2.75) is 58.8 Å². The van der Waals surface area contributed by atoms with Crippen LogP contribution >= 0.6 is 0 Å². The molecule has 0 fully saturated rings. The molecule has 13 rings (SSSR count). The van der Waals surface area contributed by atoms with Crippen LogP contribution in [0.25, 0.3) is 66.0 Å². The van der Waals surface area contributed by atoms with E-state index in [0.29, 0.717) is 51.7 Å². The summed E-state index contributed by atoms with van der Waals surface area (Å²) < 4.78 is 37.3. The lowest BCUT2D eigenvalue weighted by Crippen LogP contribution is -2.33. The predicted molar refractivity (Wildman–Crippen MR) is 287 cm³/mol. The number of esters is 1. The molecule has 356 valence electrons. The number of hydrogen-bond donors (Lipinski definition) is 1. The summed E-state index contributed by atoms with van der Waals surface area (Å²) in [6, 6.07) is 45.1. The van der Waals surface area contributed by atoms with Gasteiger partial charge in [0.25, 0.3) is 11.1 Å². The van der Waals surface area contributed by atoms with Crippen molar-refractivity contribution in [2.75, 3.05) is 7.11 Å². The van der Waals surface area contributed by atoms with Crippen molar-refractivity contribution in [1.82, 2.24) is 9.55 Å². The smallest absolute Gasteiger partial charge is 0.456 e. The molecule has 0 bridgehead atoms. The highest BCUT2D eigenvalue weighted by molar-refractivity contribution is 6.37. The van der Waals surface area contributed by atoms with Gasteiger partial charge < -0.3 is 18.8 Å². The number of para-hydroxylation sites is 1. The number of hydrogen-bond acceptors (Lipinski definition) is 6. The minimum atomic E-state index is -1.75. The number of fused-ring (bicyclic) bond motifs is 8. The molecule has 0 amide bonds. The molecule has 3 aromatic heterocycles. The Hall–Kier alpha value is -8.41. The van der Waals surface area contributed by atoms with E-state index in [2.05, 4.69) is 53.5 Å². The van der Waals surface area contributed by atoms with Gasteiger partial charge in [0, 0.05) is 68.9 Å². The van der Waals surface area contributed by atoms with E-state index in [1.807, 2.05) is 80.6 Å². The van der Waals surface area contributed by atoms with Crippen molar-refractivity contribution in [3.63, 3.8) is 0 Å². The van der Waals surface area contributed by atoms with E-state index >= 15 is 4.32 Å². The molecular formula is C62H48BFN3O6+. The fourth-order valence-corrected chi connectivity index (χ4v) is 11.9. The fourth-order valence-electron chi connectivity index (χ4n) is 11.9. The summed E-state index contributed by atoms with van der Waals surface area (Å²) in [5.41, 5.74) is 15.9. The highest BCUT2D eigenvalue weighted by Crippen LogP contribution is 2.43. The lowest BCUT2D eigenvalue weighted by atomic mass is 9.86. The van der Waals surface area contributed by atoms with Crippen LogP contribution in [0.1, 0.15) is 69.5 Å². The minimum Gasteiger partial charge on any atom is -0.456 e. The average Bonchev–Trinajstić information content (AvgIpc) is 4.02. The van der Waals surface area contributed by atoms with Crippen molar-refractivity contribution in [2.24, 2.45) is 0 Å². The van der Waals surface area contributed by atoms with E-state index < -0.39 is 18.4 Å². The highest BCUT2D eigenvalue weighted by atomic mass is 19.1. The normalized spacial score (nSPS) is 14.7. The van der Waals surface area contributed by atoms with Crippen LogP contribution in [0.5, 0.6) is 5.75 Å². The van der Waals surface area contributed by atoms with Crippen LogP contribution in [0.2, 0.25) is 0 Å². The van der Waals surface area contributed by atoms with E-state index in [4.69, 9.17) is 13.8 Å². The quantitative estimate of drug-likeness (QED) is 0.0481. The summed E-state index contributed by atoms with van der Waals surface area (Å²) >= 11 is 0. The SMILES string of the molecule is COB(F)[N+]1=C2C(=C/C1=C(/c1cc3c([nH]1)-c1ccccc1CC3)c1c(C)cc(OC(=O)CCCc3ccc(-n4c(=O)c5ccc6oc7ccccc7c7ccc(c4=O)c5c67)cc3)cc1C)CCc1ccccc12. The number of H-pyrrole nitrogens is 1. The number of carbonyl (C=O) groups excluding carboxylic acids is 1. The number of aromatic nitrogens is 2. The number of pyridine rings is 1. The van der Waals surface area contributed by atoms with Gasteiger partial charge in [0.2, 0.25) is 0 Å². The summed E-state index contributed by atoms with van der Waals surface area (Å²) in [7, 11) is -0.352. The first-order valence-corrected chi connectivity index (χ1v) is 25.0.